The van der Waals surface area contributed by atoms with Crippen LogP contribution in [0.15, 0.2) is 52.7 Å². The Morgan fingerprint density at radius 3 is 1.87 bits per heavy atom. The number of azo groups is 1. The number of carboxylic acid groups (broad SMARTS) is 2. The number of carbonyl (C=O) groups is 2. The van der Waals surface area contributed by atoms with Gasteiger partial charge in [-0.05, 0) is 42.5 Å². The van der Waals surface area contributed by atoms with Crippen molar-refractivity contribution in [3.8, 4) is 5.75 Å². The van der Waals surface area contributed by atoms with Gasteiger partial charge in [0.05, 0.1) is 16.9 Å². The highest BCUT2D eigenvalue weighted by molar-refractivity contribution is 5.91. The van der Waals surface area contributed by atoms with Gasteiger partial charge in [0.2, 0.25) is 0 Å². The fraction of sp³-hybridized carbons (Fsp3) is 0.125. The van der Waals surface area contributed by atoms with Crippen molar-refractivity contribution in [2.45, 2.75) is 13.8 Å². The number of aromatic carboxylic acids is 2. The van der Waals surface area contributed by atoms with Gasteiger partial charge in [-0.25, -0.2) is 9.59 Å². The van der Waals surface area contributed by atoms with E-state index in [4.69, 9.17) is 10.2 Å². The summed E-state index contributed by atoms with van der Waals surface area (Å²) < 4.78 is 0. The van der Waals surface area contributed by atoms with Crippen molar-refractivity contribution in [1.29, 1.82) is 0 Å². The van der Waals surface area contributed by atoms with Crippen molar-refractivity contribution in [2.24, 2.45) is 10.2 Å². The van der Waals surface area contributed by atoms with Gasteiger partial charge in [0, 0.05) is 0 Å². The molecule has 2 rings (SSSR count). The lowest BCUT2D eigenvalue weighted by atomic mass is 10.2. The number of aromatic hydroxyl groups is 1. The molecule has 2 aromatic rings. The molecular weight excluding hydrogens is 300 g/mol. The van der Waals surface area contributed by atoms with E-state index in [1.165, 1.54) is 42.5 Å². The van der Waals surface area contributed by atoms with Crippen molar-refractivity contribution in [3.05, 3.63) is 53.6 Å². The van der Waals surface area contributed by atoms with Crippen LogP contribution < -0.4 is 0 Å². The third kappa shape index (κ3) is 4.92. The lowest BCUT2D eigenvalue weighted by Crippen LogP contribution is -1.95. The minimum Gasteiger partial charge on any atom is -0.507 e. The zero-order chi connectivity index (χ0) is 17.4. The van der Waals surface area contributed by atoms with Crippen LogP contribution in [0.5, 0.6) is 5.75 Å². The maximum absolute atomic E-state index is 10.9. The minimum atomic E-state index is -1.27. The number of benzene rings is 2. The first-order chi connectivity index (χ1) is 11.0. The highest BCUT2D eigenvalue weighted by atomic mass is 16.4. The average molecular weight is 316 g/mol. The Bertz CT molecular complexity index is 724. The molecule has 0 bridgehead atoms. The van der Waals surface area contributed by atoms with Crippen molar-refractivity contribution in [2.75, 3.05) is 0 Å². The number of hydrogen-bond acceptors (Lipinski definition) is 5. The van der Waals surface area contributed by atoms with Gasteiger partial charge in [0.1, 0.15) is 11.3 Å². The Hall–Kier alpha value is -3.22. The molecule has 0 aromatic heterocycles. The molecule has 0 fully saturated rings. The molecule has 7 nitrogen and oxygen atoms in total. The van der Waals surface area contributed by atoms with Crippen LogP contribution in [0, 0.1) is 0 Å². The summed E-state index contributed by atoms with van der Waals surface area (Å²) in [6.07, 6.45) is 0. The number of hydrogen-bond donors (Lipinski definition) is 3. The van der Waals surface area contributed by atoms with Gasteiger partial charge in [0.25, 0.3) is 0 Å². The van der Waals surface area contributed by atoms with E-state index in [1.807, 2.05) is 13.8 Å². The monoisotopic (exact) mass is 316 g/mol. The van der Waals surface area contributed by atoms with Crippen LogP contribution in [0.2, 0.25) is 0 Å². The van der Waals surface area contributed by atoms with E-state index < -0.39 is 11.9 Å². The molecule has 0 atom stereocenters. The molecule has 0 saturated heterocycles. The molecule has 2 aromatic carbocycles. The number of carboxylic acids is 2. The molecule has 7 heteroatoms. The first-order valence-corrected chi connectivity index (χ1v) is 6.79. The fourth-order valence-electron chi connectivity index (χ4n) is 1.54. The summed E-state index contributed by atoms with van der Waals surface area (Å²) in [6, 6.07) is 9.54. The lowest BCUT2D eigenvalue weighted by Gasteiger charge is -2.00. The molecule has 0 radical (unpaired) electrons. The second kappa shape index (κ2) is 8.28. The molecule has 23 heavy (non-hydrogen) atoms. The van der Waals surface area contributed by atoms with Crippen LogP contribution in [-0.4, -0.2) is 27.3 Å². The highest BCUT2D eigenvalue weighted by Crippen LogP contribution is 2.25. The van der Waals surface area contributed by atoms with Crippen LogP contribution in [0.3, 0.4) is 0 Å². The van der Waals surface area contributed by atoms with Crippen molar-refractivity contribution >= 4 is 23.3 Å². The van der Waals surface area contributed by atoms with Crippen LogP contribution in [-0.2, 0) is 0 Å². The Morgan fingerprint density at radius 2 is 1.35 bits per heavy atom. The summed E-state index contributed by atoms with van der Waals surface area (Å²) in [7, 11) is 0. The molecule has 3 N–H and O–H groups in total. The molecular formula is C16H16N2O5. The van der Waals surface area contributed by atoms with Gasteiger partial charge >= 0.3 is 11.9 Å². The smallest absolute Gasteiger partial charge is 0.339 e. The quantitative estimate of drug-likeness (QED) is 0.729. The maximum Gasteiger partial charge on any atom is 0.339 e. The van der Waals surface area contributed by atoms with Gasteiger partial charge in [-0.2, -0.15) is 10.2 Å². The third-order valence-electron chi connectivity index (χ3n) is 2.61. The van der Waals surface area contributed by atoms with Crippen LogP contribution >= 0.6 is 0 Å². The van der Waals surface area contributed by atoms with E-state index in [9.17, 15) is 14.7 Å². The Morgan fingerprint density at radius 1 is 0.826 bits per heavy atom. The predicted molar refractivity (Wildman–Crippen MR) is 84.0 cm³/mol. The molecule has 0 saturated carbocycles. The SMILES string of the molecule is CC.O=C(O)c1ccc(N=Nc2ccc(O)c(C(=O)O)c2)cc1. The van der Waals surface area contributed by atoms with Gasteiger partial charge in [0.15, 0.2) is 0 Å². The number of rotatable bonds is 4. The summed E-state index contributed by atoms with van der Waals surface area (Å²) in [6.45, 7) is 4.00. The van der Waals surface area contributed by atoms with Crippen LogP contribution in [0.4, 0.5) is 11.4 Å². The van der Waals surface area contributed by atoms with Gasteiger partial charge in [-0.3, -0.25) is 0 Å². The van der Waals surface area contributed by atoms with Crippen LogP contribution in [0.25, 0.3) is 0 Å². The average Bonchev–Trinajstić information content (AvgIpc) is 2.56. The molecule has 0 unspecified atom stereocenters. The Kier molecular flexibility index (Phi) is 6.42. The molecule has 0 amide bonds. The standard InChI is InChI=1S/C14H10N2O5.C2H6/c17-12-6-5-10(7-11(12)14(20)21)16-15-9-3-1-8(2-4-9)13(18)19;1-2/h1-7,17H,(H,18,19)(H,20,21);1-2H3. The van der Waals surface area contributed by atoms with E-state index >= 15 is 0 Å². The van der Waals surface area contributed by atoms with Gasteiger partial charge in [-0.15, -0.1) is 0 Å². The molecule has 0 aliphatic rings. The normalized spacial score (nSPS) is 10.0. The second-order valence-corrected chi connectivity index (χ2v) is 4.06. The summed E-state index contributed by atoms with van der Waals surface area (Å²) in [5, 5.41) is 34.7. The van der Waals surface area contributed by atoms with Gasteiger partial charge < -0.3 is 15.3 Å². The molecule has 0 aliphatic heterocycles. The largest absolute Gasteiger partial charge is 0.507 e. The summed E-state index contributed by atoms with van der Waals surface area (Å²) in [5.74, 6) is -2.66. The van der Waals surface area contributed by atoms with Crippen molar-refractivity contribution in [1.82, 2.24) is 0 Å². The van der Waals surface area contributed by atoms with Crippen molar-refractivity contribution < 1.29 is 24.9 Å². The zero-order valence-corrected chi connectivity index (χ0v) is 12.6. The predicted octanol–water partition coefficient (Wildman–Crippen LogP) is 4.23. The van der Waals surface area contributed by atoms with Crippen LogP contribution in [0.1, 0.15) is 34.6 Å². The molecule has 0 aliphatic carbocycles. The second-order valence-electron chi connectivity index (χ2n) is 4.06. The molecule has 0 heterocycles. The minimum absolute atomic E-state index is 0.131. The van der Waals surface area contributed by atoms with E-state index in [-0.39, 0.29) is 22.6 Å². The van der Waals surface area contributed by atoms with E-state index in [0.29, 0.717) is 5.69 Å². The van der Waals surface area contributed by atoms with E-state index in [0.717, 1.165) is 0 Å². The Labute approximate surface area is 132 Å². The number of nitrogens with zero attached hydrogens (tertiary/aromatic N) is 2. The topological polar surface area (TPSA) is 120 Å². The fourth-order valence-corrected chi connectivity index (χ4v) is 1.54. The molecule has 120 valence electrons. The number of phenols is 1. The zero-order valence-electron chi connectivity index (χ0n) is 12.6. The van der Waals surface area contributed by atoms with E-state index in [2.05, 4.69) is 10.2 Å². The summed E-state index contributed by atoms with van der Waals surface area (Å²) in [5.41, 5.74) is 0.539. The first kappa shape index (κ1) is 17.8. The molecule has 0 spiro atoms. The first-order valence-electron chi connectivity index (χ1n) is 6.79. The Balaban J connectivity index is 0.00000127. The maximum atomic E-state index is 10.9. The van der Waals surface area contributed by atoms with E-state index in [1.54, 1.807) is 0 Å². The van der Waals surface area contributed by atoms with Gasteiger partial charge in [-0.1, -0.05) is 13.8 Å². The summed E-state index contributed by atoms with van der Waals surface area (Å²) >= 11 is 0. The summed E-state index contributed by atoms with van der Waals surface area (Å²) in [4.78, 5) is 21.6. The highest BCUT2D eigenvalue weighted by Gasteiger charge is 2.09. The lowest BCUT2D eigenvalue weighted by molar-refractivity contribution is 0.0684. The van der Waals surface area contributed by atoms with Crippen molar-refractivity contribution in [3.63, 3.8) is 0 Å². The third-order valence-corrected chi connectivity index (χ3v) is 2.61.